The summed E-state index contributed by atoms with van der Waals surface area (Å²) in [4.78, 5) is 0. The van der Waals surface area contributed by atoms with Crippen molar-refractivity contribution in [3.63, 3.8) is 0 Å². The molecule has 0 saturated heterocycles. The van der Waals surface area contributed by atoms with Gasteiger partial charge >= 0.3 is 0 Å². The van der Waals surface area contributed by atoms with Gasteiger partial charge in [-0.05, 0) is 37.1 Å². The van der Waals surface area contributed by atoms with E-state index in [9.17, 15) is 0 Å². The van der Waals surface area contributed by atoms with Crippen LogP contribution in [-0.2, 0) is 6.54 Å². The van der Waals surface area contributed by atoms with Crippen LogP contribution in [0, 0.1) is 0 Å². The average Bonchev–Trinajstić information content (AvgIpc) is 2.95. The molecule has 0 aliphatic heterocycles. The molecule has 0 spiro atoms. The van der Waals surface area contributed by atoms with Crippen molar-refractivity contribution in [1.29, 1.82) is 0 Å². The van der Waals surface area contributed by atoms with Crippen LogP contribution in [0.5, 0.6) is 0 Å². The first-order valence-electron chi connectivity index (χ1n) is 8.39. The van der Waals surface area contributed by atoms with E-state index in [0.717, 1.165) is 28.7 Å². The maximum absolute atomic E-state index is 6.04. The third-order valence-electron chi connectivity index (χ3n) is 4.44. The van der Waals surface area contributed by atoms with Crippen LogP contribution < -0.4 is 5.32 Å². The smallest absolute Gasteiger partial charge is 0.134 e. The average molecular weight is 354 g/mol. The summed E-state index contributed by atoms with van der Waals surface area (Å²) in [7, 11) is 0. The quantitative estimate of drug-likeness (QED) is 0.705. The summed E-state index contributed by atoms with van der Waals surface area (Å²) in [5.74, 6) is 1.88. The fourth-order valence-corrected chi connectivity index (χ4v) is 3.37. The Balaban J connectivity index is 0.00000192. The van der Waals surface area contributed by atoms with Gasteiger partial charge in [0.1, 0.15) is 11.5 Å². The van der Waals surface area contributed by atoms with Crippen LogP contribution in [0.2, 0.25) is 5.02 Å². The number of benzene rings is 1. The molecule has 23 heavy (non-hydrogen) atoms. The summed E-state index contributed by atoms with van der Waals surface area (Å²) < 4.78 is 5.95. The fourth-order valence-electron chi connectivity index (χ4n) is 3.18. The van der Waals surface area contributed by atoms with Crippen molar-refractivity contribution < 1.29 is 4.42 Å². The first-order valence-corrected chi connectivity index (χ1v) is 8.77. The van der Waals surface area contributed by atoms with Gasteiger partial charge in [-0.2, -0.15) is 0 Å². The molecule has 3 rings (SSSR count). The van der Waals surface area contributed by atoms with Gasteiger partial charge in [0.25, 0.3) is 0 Å². The maximum atomic E-state index is 6.04. The van der Waals surface area contributed by atoms with Gasteiger partial charge in [0.15, 0.2) is 0 Å². The van der Waals surface area contributed by atoms with Crippen molar-refractivity contribution in [2.45, 2.75) is 57.5 Å². The van der Waals surface area contributed by atoms with Crippen LogP contribution in [0.25, 0.3) is 11.3 Å². The van der Waals surface area contributed by atoms with E-state index in [4.69, 9.17) is 16.0 Å². The zero-order valence-corrected chi connectivity index (χ0v) is 15.0. The summed E-state index contributed by atoms with van der Waals surface area (Å²) in [5, 5.41) is 4.40. The third kappa shape index (κ3) is 5.56. The van der Waals surface area contributed by atoms with Crippen LogP contribution in [-0.4, -0.2) is 6.04 Å². The Morgan fingerprint density at radius 3 is 2.48 bits per heavy atom. The predicted octanol–water partition coefficient (Wildman–Crippen LogP) is 6.22. The van der Waals surface area contributed by atoms with Crippen molar-refractivity contribution in [3.05, 3.63) is 47.2 Å². The maximum Gasteiger partial charge on any atom is 0.134 e. The van der Waals surface area contributed by atoms with Gasteiger partial charge in [-0.25, -0.2) is 0 Å². The van der Waals surface area contributed by atoms with E-state index in [2.05, 4.69) is 11.4 Å². The molecule has 2 aromatic rings. The molecule has 126 valence electrons. The lowest BCUT2D eigenvalue weighted by atomic mass is 9.97. The summed E-state index contributed by atoms with van der Waals surface area (Å²) in [6.07, 6.45) is 9.47. The predicted molar refractivity (Wildman–Crippen MR) is 99.3 cm³/mol. The SMILES string of the molecule is Cl.Clc1cccc(-c2ccc(CNC3CCCCCCC3)o2)c1. The summed E-state index contributed by atoms with van der Waals surface area (Å²) in [5.41, 5.74) is 1.03. The Morgan fingerprint density at radius 1 is 1.00 bits per heavy atom. The van der Waals surface area contributed by atoms with E-state index in [-0.39, 0.29) is 12.4 Å². The highest BCUT2D eigenvalue weighted by Crippen LogP contribution is 2.25. The monoisotopic (exact) mass is 353 g/mol. The van der Waals surface area contributed by atoms with Crippen LogP contribution in [0.3, 0.4) is 0 Å². The van der Waals surface area contributed by atoms with E-state index in [1.54, 1.807) is 0 Å². The Morgan fingerprint density at radius 2 is 1.74 bits per heavy atom. The molecule has 1 aromatic heterocycles. The van der Waals surface area contributed by atoms with E-state index < -0.39 is 0 Å². The molecule has 1 fully saturated rings. The van der Waals surface area contributed by atoms with Crippen LogP contribution in [0.15, 0.2) is 40.8 Å². The molecule has 1 heterocycles. The van der Waals surface area contributed by atoms with Crippen LogP contribution in [0.1, 0.15) is 50.7 Å². The van der Waals surface area contributed by atoms with E-state index in [0.29, 0.717) is 6.04 Å². The minimum absolute atomic E-state index is 0. The molecular weight excluding hydrogens is 329 g/mol. The van der Waals surface area contributed by atoms with E-state index in [1.165, 1.54) is 44.9 Å². The molecule has 1 aromatic carbocycles. The summed E-state index contributed by atoms with van der Waals surface area (Å²) in [6.45, 7) is 0.811. The standard InChI is InChI=1S/C19H24ClNO.ClH/c20-16-8-6-7-15(13-16)19-12-11-18(22-19)14-21-17-9-4-2-1-3-5-10-17;/h6-8,11-13,17,21H,1-5,9-10,14H2;1H. The summed E-state index contributed by atoms with van der Waals surface area (Å²) in [6, 6.07) is 12.5. The van der Waals surface area contributed by atoms with Gasteiger partial charge in [0.2, 0.25) is 0 Å². The summed E-state index contributed by atoms with van der Waals surface area (Å²) >= 11 is 6.04. The molecule has 4 heteroatoms. The van der Waals surface area contributed by atoms with Crippen LogP contribution in [0.4, 0.5) is 0 Å². The number of hydrogen-bond acceptors (Lipinski definition) is 2. The van der Waals surface area contributed by atoms with Gasteiger partial charge in [-0.15, -0.1) is 12.4 Å². The molecule has 0 radical (unpaired) electrons. The second-order valence-corrected chi connectivity index (χ2v) is 6.64. The topological polar surface area (TPSA) is 25.2 Å². The van der Waals surface area contributed by atoms with Crippen molar-refractivity contribution in [3.8, 4) is 11.3 Å². The molecule has 0 amide bonds. The lowest BCUT2D eigenvalue weighted by Crippen LogP contribution is -2.29. The number of nitrogens with one attached hydrogen (secondary N) is 1. The number of halogens is 2. The molecule has 0 unspecified atom stereocenters. The third-order valence-corrected chi connectivity index (χ3v) is 4.68. The van der Waals surface area contributed by atoms with Crippen LogP contribution >= 0.6 is 24.0 Å². The lowest BCUT2D eigenvalue weighted by Gasteiger charge is -2.20. The minimum atomic E-state index is 0. The first-order chi connectivity index (χ1) is 10.8. The van der Waals surface area contributed by atoms with E-state index >= 15 is 0 Å². The first kappa shape index (κ1) is 18.4. The lowest BCUT2D eigenvalue weighted by molar-refractivity contribution is 0.373. The van der Waals surface area contributed by atoms with Crippen molar-refractivity contribution in [2.24, 2.45) is 0 Å². The Labute approximate surface area is 150 Å². The highest BCUT2D eigenvalue weighted by atomic mass is 35.5. The van der Waals surface area contributed by atoms with Gasteiger partial charge in [0.05, 0.1) is 6.54 Å². The molecular formula is C19H25Cl2NO. The van der Waals surface area contributed by atoms with E-state index in [1.807, 2.05) is 30.3 Å². The Bertz CT molecular complexity index is 589. The second kappa shape index (κ2) is 9.36. The number of furan rings is 1. The highest BCUT2D eigenvalue weighted by molar-refractivity contribution is 6.30. The largest absolute Gasteiger partial charge is 0.460 e. The zero-order valence-electron chi connectivity index (χ0n) is 13.4. The van der Waals surface area contributed by atoms with Crippen molar-refractivity contribution in [1.82, 2.24) is 5.32 Å². The minimum Gasteiger partial charge on any atom is -0.460 e. The second-order valence-electron chi connectivity index (χ2n) is 6.20. The molecule has 2 nitrogen and oxygen atoms in total. The van der Waals surface area contributed by atoms with Crippen molar-refractivity contribution >= 4 is 24.0 Å². The fraction of sp³-hybridized carbons (Fsp3) is 0.474. The molecule has 1 N–H and O–H groups in total. The normalized spacial score (nSPS) is 16.4. The van der Waals surface area contributed by atoms with Gasteiger partial charge in [-0.3, -0.25) is 0 Å². The van der Waals surface area contributed by atoms with Gasteiger partial charge in [0, 0.05) is 16.6 Å². The van der Waals surface area contributed by atoms with Crippen molar-refractivity contribution in [2.75, 3.05) is 0 Å². The Hall–Kier alpha value is -0.960. The Kier molecular flexibility index (Phi) is 7.48. The molecule has 1 aliphatic rings. The highest BCUT2D eigenvalue weighted by Gasteiger charge is 2.12. The zero-order chi connectivity index (χ0) is 15.2. The number of hydrogen-bond donors (Lipinski definition) is 1. The number of rotatable bonds is 4. The molecule has 1 aliphatic carbocycles. The molecule has 0 atom stereocenters. The molecule has 0 bridgehead atoms. The van der Waals surface area contributed by atoms with Gasteiger partial charge < -0.3 is 9.73 Å². The molecule has 1 saturated carbocycles. The van der Waals surface area contributed by atoms with Gasteiger partial charge in [-0.1, -0.05) is 55.8 Å².